The molecule has 0 aliphatic heterocycles. The van der Waals surface area contributed by atoms with Gasteiger partial charge in [0.1, 0.15) is 0 Å². The van der Waals surface area contributed by atoms with Crippen molar-refractivity contribution in [1.29, 1.82) is 5.41 Å². The van der Waals surface area contributed by atoms with Gasteiger partial charge in [-0.3, -0.25) is 5.41 Å². The third-order valence-corrected chi connectivity index (χ3v) is 5.00. The number of nitrogens with zero attached hydrogens (tertiary/aromatic N) is 1. The van der Waals surface area contributed by atoms with Crippen LogP contribution in [-0.2, 0) is 6.42 Å². The van der Waals surface area contributed by atoms with Gasteiger partial charge in [-0.05, 0) is 66.3 Å². The highest BCUT2D eigenvalue weighted by atomic mass is 16.4. The lowest BCUT2D eigenvalue weighted by Gasteiger charge is -2.13. The lowest BCUT2D eigenvalue weighted by atomic mass is 9.92. The molecule has 4 nitrogen and oxygen atoms in total. The van der Waals surface area contributed by atoms with Crippen LogP contribution in [0.25, 0.3) is 11.1 Å². The molecule has 0 aromatic heterocycles. The maximum Gasteiger partial charge on any atom is 0.335 e. The molecular weight excluding hydrogens is 360 g/mol. The monoisotopic (exact) mass is 384 g/mol. The molecule has 0 unspecified atom stereocenters. The third kappa shape index (κ3) is 4.49. The molecule has 0 spiro atoms. The van der Waals surface area contributed by atoms with Gasteiger partial charge in [0.15, 0.2) is 5.84 Å². The van der Waals surface area contributed by atoms with Crippen LogP contribution in [0, 0.1) is 12.3 Å². The van der Waals surface area contributed by atoms with E-state index >= 15 is 0 Å². The van der Waals surface area contributed by atoms with Crippen molar-refractivity contribution in [2.75, 3.05) is 0 Å². The number of aromatic carboxylic acids is 1. The van der Waals surface area contributed by atoms with Crippen LogP contribution in [-0.4, -0.2) is 22.6 Å². The van der Waals surface area contributed by atoms with E-state index in [1.54, 1.807) is 12.1 Å². The summed E-state index contributed by atoms with van der Waals surface area (Å²) in [6, 6.07) is 20.9. The van der Waals surface area contributed by atoms with Gasteiger partial charge in [-0.15, -0.1) is 0 Å². The predicted molar refractivity (Wildman–Crippen MR) is 118 cm³/mol. The molecule has 4 heteroatoms. The summed E-state index contributed by atoms with van der Waals surface area (Å²) in [5.74, 6) is -0.966. The maximum absolute atomic E-state index is 11.2. The van der Waals surface area contributed by atoms with Gasteiger partial charge in [0.05, 0.1) is 5.56 Å². The topological polar surface area (TPSA) is 73.5 Å². The molecule has 3 aromatic rings. The number of nitrogens with one attached hydrogen (secondary N) is 1. The fourth-order valence-electron chi connectivity index (χ4n) is 3.35. The van der Waals surface area contributed by atoms with Crippen LogP contribution in [0.5, 0.6) is 0 Å². The number of carboxylic acid groups (broad SMARTS) is 1. The van der Waals surface area contributed by atoms with Gasteiger partial charge < -0.3 is 5.11 Å². The highest BCUT2D eigenvalue weighted by molar-refractivity contribution is 6.11. The van der Waals surface area contributed by atoms with Crippen LogP contribution < -0.4 is 0 Å². The molecule has 0 amide bonds. The van der Waals surface area contributed by atoms with Crippen LogP contribution in [0.15, 0.2) is 71.7 Å². The minimum absolute atomic E-state index is 0.0478. The molecule has 0 bridgehead atoms. The standard InChI is InChI=1S/C25H24N2O2/c1-4-18-14-19(12-13-23(18)22-11-6-5-8-16(22)2)17(3)27-24(26)20-9-7-10-21(15-20)25(28)29/h5-15,26H,4H2,1-3H3,(H,28,29). The molecule has 0 heterocycles. The molecule has 0 fully saturated rings. The molecular formula is C25H24N2O2. The average Bonchev–Trinajstić information content (AvgIpc) is 2.73. The molecule has 0 saturated heterocycles. The van der Waals surface area contributed by atoms with Gasteiger partial charge in [0.25, 0.3) is 0 Å². The Balaban J connectivity index is 1.94. The van der Waals surface area contributed by atoms with Crippen molar-refractivity contribution in [3.63, 3.8) is 0 Å². The van der Waals surface area contributed by atoms with E-state index in [0.717, 1.165) is 17.7 Å². The minimum atomic E-state index is -1.01. The first-order valence-corrected chi connectivity index (χ1v) is 9.57. The minimum Gasteiger partial charge on any atom is -0.478 e. The molecule has 2 N–H and O–H groups in total. The quantitative estimate of drug-likeness (QED) is 0.434. The largest absolute Gasteiger partial charge is 0.478 e. The summed E-state index contributed by atoms with van der Waals surface area (Å²) in [6.45, 7) is 6.12. The Hall–Kier alpha value is -3.53. The van der Waals surface area contributed by atoms with Gasteiger partial charge in [-0.25, -0.2) is 9.79 Å². The maximum atomic E-state index is 11.2. The number of carboxylic acids is 1. The molecule has 3 aromatic carbocycles. The zero-order valence-corrected chi connectivity index (χ0v) is 16.9. The third-order valence-electron chi connectivity index (χ3n) is 5.00. The lowest BCUT2D eigenvalue weighted by molar-refractivity contribution is 0.0697. The van der Waals surface area contributed by atoms with Crippen molar-refractivity contribution in [2.24, 2.45) is 4.99 Å². The summed E-state index contributed by atoms with van der Waals surface area (Å²) in [5.41, 5.74) is 7.22. The lowest BCUT2D eigenvalue weighted by Crippen LogP contribution is -2.05. The second-order valence-electron chi connectivity index (χ2n) is 6.97. The summed E-state index contributed by atoms with van der Waals surface area (Å²) < 4.78 is 0. The highest BCUT2D eigenvalue weighted by Gasteiger charge is 2.10. The van der Waals surface area contributed by atoms with Crippen LogP contribution in [0.4, 0.5) is 0 Å². The molecule has 0 saturated carbocycles. The van der Waals surface area contributed by atoms with Crippen molar-refractivity contribution < 1.29 is 9.90 Å². The summed E-state index contributed by atoms with van der Waals surface area (Å²) in [6.07, 6.45) is 0.892. The van der Waals surface area contributed by atoms with Gasteiger partial charge in [-0.2, -0.15) is 0 Å². The zero-order valence-electron chi connectivity index (χ0n) is 16.9. The van der Waals surface area contributed by atoms with Gasteiger partial charge in [0, 0.05) is 11.3 Å². The number of benzene rings is 3. The van der Waals surface area contributed by atoms with E-state index < -0.39 is 5.97 Å². The molecule has 3 rings (SSSR count). The van der Waals surface area contributed by atoms with Crippen LogP contribution in [0.1, 0.15) is 46.5 Å². The Morgan fingerprint density at radius 1 is 0.931 bits per heavy atom. The molecule has 0 atom stereocenters. The Morgan fingerprint density at radius 2 is 1.66 bits per heavy atom. The Kier molecular flexibility index (Phi) is 6.03. The van der Waals surface area contributed by atoms with Crippen LogP contribution in [0.3, 0.4) is 0 Å². The second kappa shape index (κ2) is 8.65. The van der Waals surface area contributed by atoms with Crippen molar-refractivity contribution >= 4 is 17.5 Å². The van der Waals surface area contributed by atoms with E-state index in [2.05, 4.69) is 49.2 Å². The normalized spacial score (nSPS) is 11.3. The van der Waals surface area contributed by atoms with E-state index in [9.17, 15) is 4.79 Å². The Morgan fingerprint density at radius 3 is 2.34 bits per heavy atom. The molecule has 0 aliphatic carbocycles. The predicted octanol–water partition coefficient (Wildman–Crippen LogP) is 5.76. The number of amidine groups is 1. The smallest absolute Gasteiger partial charge is 0.335 e. The summed E-state index contributed by atoms with van der Waals surface area (Å²) in [5, 5.41) is 17.4. The fraction of sp³-hybridized carbons (Fsp3) is 0.160. The zero-order chi connectivity index (χ0) is 21.0. The van der Waals surface area contributed by atoms with E-state index in [0.29, 0.717) is 5.56 Å². The summed E-state index contributed by atoms with van der Waals surface area (Å²) in [7, 11) is 0. The van der Waals surface area contributed by atoms with E-state index in [4.69, 9.17) is 10.5 Å². The van der Waals surface area contributed by atoms with Crippen molar-refractivity contribution in [3.05, 3.63) is 94.5 Å². The number of aryl methyl sites for hydroxylation is 2. The highest BCUT2D eigenvalue weighted by Crippen LogP contribution is 2.28. The van der Waals surface area contributed by atoms with Gasteiger partial charge in [0.2, 0.25) is 0 Å². The van der Waals surface area contributed by atoms with Gasteiger partial charge in [-0.1, -0.05) is 55.5 Å². The summed E-state index contributed by atoms with van der Waals surface area (Å²) in [4.78, 5) is 15.6. The van der Waals surface area contributed by atoms with Gasteiger partial charge >= 0.3 is 5.97 Å². The van der Waals surface area contributed by atoms with Crippen molar-refractivity contribution in [2.45, 2.75) is 27.2 Å². The number of hydrogen-bond acceptors (Lipinski definition) is 2. The van der Waals surface area contributed by atoms with Crippen molar-refractivity contribution in [3.8, 4) is 11.1 Å². The molecule has 0 aliphatic rings. The number of rotatable bonds is 5. The number of hydrogen-bond donors (Lipinski definition) is 2. The molecule has 146 valence electrons. The first-order chi connectivity index (χ1) is 13.9. The summed E-state index contributed by atoms with van der Waals surface area (Å²) >= 11 is 0. The van der Waals surface area contributed by atoms with E-state index in [-0.39, 0.29) is 11.4 Å². The first-order valence-electron chi connectivity index (χ1n) is 9.57. The average molecular weight is 384 g/mol. The molecule has 0 radical (unpaired) electrons. The van der Waals surface area contributed by atoms with E-state index in [1.807, 2.05) is 19.1 Å². The van der Waals surface area contributed by atoms with Crippen LogP contribution >= 0.6 is 0 Å². The van der Waals surface area contributed by atoms with Crippen molar-refractivity contribution in [1.82, 2.24) is 0 Å². The second-order valence-corrected chi connectivity index (χ2v) is 6.97. The SMILES string of the molecule is CCc1cc(C(C)=NC(=N)c2cccc(C(=O)O)c2)ccc1-c1ccccc1C. The first kappa shape index (κ1) is 20.2. The Bertz CT molecular complexity index is 1110. The number of carbonyl (C=O) groups is 1. The Labute approximate surface area is 171 Å². The van der Waals surface area contributed by atoms with Crippen LogP contribution in [0.2, 0.25) is 0 Å². The number of aliphatic imine (C=N–C) groups is 1. The fourth-order valence-corrected chi connectivity index (χ4v) is 3.35. The van der Waals surface area contributed by atoms with E-state index in [1.165, 1.54) is 34.4 Å². The molecule has 29 heavy (non-hydrogen) atoms.